The number of benzene rings is 1. The summed E-state index contributed by atoms with van der Waals surface area (Å²) in [6.07, 6.45) is 1.57. The Balaban J connectivity index is 0.00000196. The monoisotopic (exact) mass is 293 g/mol. The molecular weight excluding hydrogens is 277 g/mol. The molecule has 0 fully saturated rings. The standard InChI is InChI=1S/C11H16BrNO.ClH/c1-8-4-5-9(10(12)7-8)11(13)3-2-6-14;/h4-5,7,11,14H,2-3,6,13H2,1H3;1H/t11-;/m1./s1. The van der Waals surface area contributed by atoms with Gasteiger partial charge >= 0.3 is 0 Å². The van der Waals surface area contributed by atoms with Crippen LogP contribution in [-0.2, 0) is 0 Å². The summed E-state index contributed by atoms with van der Waals surface area (Å²) in [5.74, 6) is 0. The van der Waals surface area contributed by atoms with Gasteiger partial charge in [-0.3, -0.25) is 0 Å². The van der Waals surface area contributed by atoms with E-state index in [0.717, 1.165) is 22.9 Å². The lowest BCUT2D eigenvalue weighted by Gasteiger charge is -2.13. The number of hydrogen-bond acceptors (Lipinski definition) is 2. The van der Waals surface area contributed by atoms with Gasteiger partial charge in [-0.15, -0.1) is 12.4 Å². The SMILES string of the molecule is Cc1ccc([C@H](N)CCCO)c(Br)c1.Cl. The van der Waals surface area contributed by atoms with Crippen molar-refractivity contribution < 1.29 is 5.11 Å². The molecule has 3 N–H and O–H groups in total. The van der Waals surface area contributed by atoms with E-state index in [1.807, 2.05) is 13.0 Å². The average molecular weight is 295 g/mol. The van der Waals surface area contributed by atoms with E-state index in [1.165, 1.54) is 5.56 Å². The molecule has 0 heterocycles. The van der Waals surface area contributed by atoms with Gasteiger partial charge < -0.3 is 10.8 Å². The second kappa shape index (κ2) is 7.23. The van der Waals surface area contributed by atoms with Gasteiger partial charge in [0.1, 0.15) is 0 Å². The zero-order chi connectivity index (χ0) is 10.6. The molecule has 0 spiro atoms. The van der Waals surface area contributed by atoms with Crippen molar-refractivity contribution >= 4 is 28.3 Å². The van der Waals surface area contributed by atoms with Crippen LogP contribution in [-0.4, -0.2) is 11.7 Å². The minimum Gasteiger partial charge on any atom is -0.396 e. The Morgan fingerprint density at radius 1 is 1.47 bits per heavy atom. The van der Waals surface area contributed by atoms with E-state index >= 15 is 0 Å². The molecule has 0 bridgehead atoms. The van der Waals surface area contributed by atoms with Crippen LogP contribution in [0, 0.1) is 6.92 Å². The molecule has 2 nitrogen and oxygen atoms in total. The van der Waals surface area contributed by atoms with Gasteiger partial charge in [0, 0.05) is 17.1 Å². The van der Waals surface area contributed by atoms with Crippen molar-refractivity contribution in [3.63, 3.8) is 0 Å². The molecule has 86 valence electrons. The number of aliphatic hydroxyl groups excluding tert-OH is 1. The number of halogens is 2. The van der Waals surface area contributed by atoms with Gasteiger partial charge in [-0.25, -0.2) is 0 Å². The summed E-state index contributed by atoms with van der Waals surface area (Å²) in [4.78, 5) is 0. The zero-order valence-electron chi connectivity index (χ0n) is 8.74. The number of rotatable bonds is 4. The third-order valence-electron chi connectivity index (χ3n) is 2.23. The second-order valence-electron chi connectivity index (χ2n) is 3.50. The Hall–Kier alpha value is -0.0900. The Morgan fingerprint density at radius 2 is 2.13 bits per heavy atom. The molecule has 0 radical (unpaired) electrons. The molecule has 0 unspecified atom stereocenters. The predicted octanol–water partition coefficient (Wildman–Crippen LogP) is 2.95. The van der Waals surface area contributed by atoms with Crippen molar-refractivity contribution in [2.45, 2.75) is 25.8 Å². The van der Waals surface area contributed by atoms with E-state index < -0.39 is 0 Å². The first kappa shape index (κ1) is 14.9. The summed E-state index contributed by atoms with van der Waals surface area (Å²) in [6.45, 7) is 2.25. The van der Waals surface area contributed by atoms with Gasteiger partial charge in [0.25, 0.3) is 0 Å². The molecule has 0 aliphatic carbocycles. The maximum Gasteiger partial charge on any atom is 0.0431 e. The third-order valence-corrected chi connectivity index (χ3v) is 2.92. The highest BCUT2D eigenvalue weighted by Gasteiger charge is 2.08. The lowest BCUT2D eigenvalue weighted by molar-refractivity contribution is 0.280. The van der Waals surface area contributed by atoms with Crippen LogP contribution < -0.4 is 5.73 Å². The van der Waals surface area contributed by atoms with Crippen molar-refractivity contribution in [1.82, 2.24) is 0 Å². The third kappa shape index (κ3) is 4.51. The minimum absolute atomic E-state index is 0. The number of aliphatic hydroxyl groups is 1. The fourth-order valence-corrected chi connectivity index (χ4v) is 2.19. The number of hydrogen-bond donors (Lipinski definition) is 2. The topological polar surface area (TPSA) is 46.2 Å². The van der Waals surface area contributed by atoms with Gasteiger partial charge in [-0.1, -0.05) is 28.1 Å². The van der Waals surface area contributed by atoms with Gasteiger partial charge in [0.2, 0.25) is 0 Å². The van der Waals surface area contributed by atoms with E-state index in [-0.39, 0.29) is 25.1 Å². The van der Waals surface area contributed by atoms with Crippen LogP contribution in [0.25, 0.3) is 0 Å². The number of nitrogens with two attached hydrogens (primary N) is 1. The van der Waals surface area contributed by atoms with Crippen LogP contribution in [0.5, 0.6) is 0 Å². The normalized spacial score (nSPS) is 12.0. The highest BCUT2D eigenvalue weighted by Crippen LogP contribution is 2.25. The minimum atomic E-state index is 0. The van der Waals surface area contributed by atoms with Crippen LogP contribution in [0.4, 0.5) is 0 Å². The Morgan fingerprint density at radius 3 is 2.67 bits per heavy atom. The Labute approximate surface area is 105 Å². The van der Waals surface area contributed by atoms with E-state index in [4.69, 9.17) is 10.8 Å². The summed E-state index contributed by atoms with van der Waals surface area (Å²) >= 11 is 3.50. The molecule has 4 heteroatoms. The summed E-state index contributed by atoms with van der Waals surface area (Å²) in [5.41, 5.74) is 8.32. The molecule has 0 saturated heterocycles. The molecule has 1 aromatic rings. The highest BCUT2D eigenvalue weighted by atomic mass is 79.9. The van der Waals surface area contributed by atoms with Crippen molar-refractivity contribution in [3.05, 3.63) is 33.8 Å². The molecule has 0 saturated carbocycles. The van der Waals surface area contributed by atoms with Crippen LogP contribution in [0.1, 0.15) is 30.0 Å². The lowest BCUT2D eigenvalue weighted by Crippen LogP contribution is -2.11. The van der Waals surface area contributed by atoms with Crippen molar-refractivity contribution in [1.29, 1.82) is 0 Å². The van der Waals surface area contributed by atoms with Crippen LogP contribution >= 0.6 is 28.3 Å². The molecule has 0 aliphatic rings. The number of aryl methyl sites for hydroxylation is 1. The summed E-state index contributed by atoms with van der Waals surface area (Å²) in [7, 11) is 0. The van der Waals surface area contributed by atoms with Crippen LogP contribution in [0.2, 0.25) is 0 Å². The Kier molecular flexibility index (Phi) is 7.18. The largest absolute Gasteiger partial charge is 0.396 e. The average Bonchev–Trinajstić information content (AvgIpc) is 2.14. The van der Waals surface area contributed by atoms with Crippen LogP contribution in [0.15, 0.2) is 22.7 Å². The smallest absolute Gasteiger partial charge is 0.0431 e. The molecule has 1 aromatic carbocycles. The summed E-state index contributed by atoms with van der Waals surface area (Å²) in [5, 5.41) is 8.71. The molecule has 0 aliphatic heterocycles. The fraction of sp³-hybridized carbons (Fsp3) is 0.455. The van der Waals surface area contributed by atoms with Gasteiger partial charge in [-0.05, 0) is 37.0 Å². The highest BCUT2D eigenvalue weighted by molar-refractivity contribution is 9.10. The van der Waals surface area contributed by atoms with Crippen LogP contribution in [0.3, 0.4) is 0 Å². The Bertz CT molecular complexity index is 307. The first-order chi connectivity index (χ1) is 6.65. The van der Waals surface area contributed by atoms with E-state index in [9.17, 15) is 0 Å². The summed E-state index contributed by atoms with van der Waals surface area (Å²) in [6, 6.07) is 6.17. The summed E-state index contributed by atoms with van der Waals surface area (Å²) < 4.78 is 1.06. The molecule has 0 amide bonds. The quantitative estimate of drug-likeness (QED) is 0.897. The predicted molar refractivity (Wildman–Crippen MR) is 69.4 cm³/mol. The molecule has 15 heavy (non-hydrogen) atoms. The maximum atomic E-state index is 8.71. The first-order valence-electron chi connectivity index (χ1n) is 4.77. The molecular formula is C11H17BrClNO. The lowest BCUT2D eigenvalue weighted by atomic mass is 10.0. The van der Waals surface area contributed by atoms with Crippen molar-refractivity contribution in [2.75, 3.05) is 6.61 Å². The van der Waals surface area contributed by atoms with Crippen molar-refractivity contribution in [2.24, 2.45) is 5.73 Å². The molecule has 0 aromatic heterocycles. The first-order valence-corrected chi connectivity index (χ1v) is 5.57. The zero-order valence-corrected chi connectivity index (χ0v) is 11.1. The van der Waals surface area contributed by atoms with E-state index in [1.54, 1.807) is 0 Å². The molecule has 1 atom stereocenters. The van der Waals surface area contributed by atoms with Crippen molar-refractivity contribution in [3.8, 4) is 0 Å². The van der Waals surface area contributed by atoms with E-state index in [2.05, 4.69) is 28.1 Å². The van der Waals surface area contributed by atoms with Gasteiger partial charge in [0.15, 0.2) is 0 Å². The molecule has 1 rings (SSSR count). The van der Waals surface area contributed by atoms with Gasteiger partial charge in [0.05, 0.1) is 0 Å². The second-order valence-corrected chi connectivity index (χ2v) is 4.35. The van der Waals surface area contributed by atoms with Gasteiger partial charge in [-0.2, -0.15) is 0 Å². The maximum absolute atomic E-state index is 8.71. The fourth-order valence-electron chi connectivity index (χ4n) is 1.40. The van der Waals surface area contributed by atoms with E-state index in [0.29, 0.717) is 0 Å².